The molecule has 0 radical (unpaired) electrons. The minimum absolute atomic E-state index is 0.945. The summed E-state index contributed by atoms with van der Waals surface area (Å²) in [6, 6.07) is 0. The Kier molecular flexibility index (Phi) is 5.41. The number of rotatable bonds is 2. The minimum Gasteiger partial charge on any atom is -0.261 e. The van der Waals surface area contributed by atoms with E-state index in [0.29, 0.717) is 0 Å². The van der Waals surface area contributed by atoms with E-state index >= 15 is 0 Å². The van der Waals surface area contributed by atoms with Gasteiger partial charge in [0.1, 0.15) is 0 Å². The summed E-state index contributed by atoms with van der Waals surface area (Å²) in [5.41, 5.74) is 3.90. The van der Waals surface area contributed by atoms with Crippen molar-refractivity contribution in [2.45, 2.75) is 20.8 Å². The molecule has 0 atom stereocenters. The molecule has 0 aliphatic heterocycles. The van der Waals surface area contributed by atoms with Crippen molar-refractivity contribution in [3.05, 3.63) is 29.7 Å². The maximum Gasteiger partial charge on any atom is 0.0659 e. The lowest BCUT2D eigenvalue weighted by Gasteiger charge is -1.85. The maximum atomic E-state index is 4.08. The molecule has 0 amide bonds. The van der Waals surface area contributed by atoms with E-state index in [-0.39, 0.29) is 0 Å². The summed E-state index contributed by atoms with van der Waals surface area (Å²) in [5.74, 6) is 0. The first-order chi connectivity index (χ1) is 4.85. The van der Waals surface area contributed by atoms with Crippen LogP contribution in [0.4, 0.5) is 0 Å². The lowest BCUT2D eigenvalue weighted by Crippen LogP contribution is -1.68. The minimum atomic E-state index is 0.945. The molecule has 0 aromatic rings. The average Bonchev–Trinajstić information content (AvgIpc) is 1.98. The summed E-state index contributed by atoms with van der Waals surface area (Å²) in [5, 5.41) is 0. The molecule has 0 heterocycles. The maximum absolute atomic E-state index is 4.08. The monoisotopic (exact) mass is 135 g/mol. The molecule has 0 saturated heterocycles. The molecule has 54 valence electrons. The highest BCUT2D eigenvalue weighted by molar-refractivity contribution is 5.56. The summed E-state index contributed by atoms with van der Waals surface area (Å²) >= 11 is 0. The highest BCUT2D eigenvalue weighted by Gasteiger charge is 1.78. The highest BCUT2D eigenvalue weighted by Crippen LogP contribution is 1.95. The zero-order chi connectivity index (χ0) is 7.82. The largest absolute Gasteiger partial charge is 0.261 e. The summed E-state index contributed by atoms with van der Waals surface area (Å²) in [6.07, 6.45) is 7.41. The molecule has 0 spiro atoms. The van der Waals surface area contributed by atoms with E-state index in [9.17, 15) is 0 Å². The Morgan fingerprint density at radius 2 is 2.00 bits per heavy atom. The van der Waals surface area contributed by atoms with Crippen LogP contribution in [0.15, 0.2) is 34.6 Å². The summed E-state index contributed by atoms with van der Waals surface area (Å²) in [7, 11) is 0. The fourth-order valence-corrected chi connectivity index (χ4v) is 0.513. The summed E-state index contributed by atoms with van der Waals surface area (Å²) in [6.45, 7) is 5.78. The van der Waals surface area contributed by atoms with Gasteiger partial charge in [-0.25, -0.2) is 0 Å². The lowest BCUT2D eigenvalue weighted by atomic mass is 10.4. The average molecular weight is 135 g/mol. The Balaban J connectivity index is 4.25. The van der Waals surface area contributed by atoms with Crippen LogP contribution >= 0.6 is 0 Å². The molecular formula is C9H13N. The van der Waals surface area contributed by atoms with E-state index in [0.717, 1.165) is 5.70 Å². The van der Waals surface area contributed by atoms with Crippen molar-refractivity contribution in [3.63, 3.8) is 0 Å². The van der Waals surface area contributed by atoms with Crippen LogP contribution in [0.2, 0.25) is 0 Å². The topological polar surface area (TPSA) is 12.4 Å². The van der Waals surface area contributed by atoms with Gasteiger partial charge in [0.05, 0.1) is 5.70 Å². The van der Waals surface area contributed by atoms with Crippen molar-refractivity contribution in [2.24, 2.45) is 4.99 Å². The van der Waals surface area contributed by atoms with Crippen LogP contribution in [0.3, 0.4) is 0 Å². The molecule has 0 fully saturated rings. The van der Waals surface area contributed by atoms with Crippen LogP contribution in [0.25, 0.3) is 0 Å². The Bertz CT molecular complexity index is 191. The third-order valence-corrected chi connectivity index (χ3v) is 0.972. The third kappa shape index (κ3) is 3.88. The smallest absolute Gasteiger partial charge is 0.0659 e. The van der Waals surface area contributed by atoms with Crippen molar-refractivity contribution in [1.29, 1.82) is 0 Å². The zero-order valence-corrected chi connectivity index (χ0v) is 6.76. The fraction of sp³-hybridized carbons (Fsp3) is 0.333. The molecule has 0 N–H and O–H groups in total. The Labute approximate surface area is 62.5 Å². The van der Waals surface area contributed by atoms with Gasteiger partial charge in [-0.15, -0.1) is 5.73 Å². The molecule has 0 aromatic carbocycles. The first-order valence-electron chi connectivity index (χ1n) is 3.37. The molecule has 0 saturated carbocycles. The third-order valence-electron chi connectivity index (χ3n) is 0.972. The fourth-order valence-electron chi connectivity index (χ4n) is 0.513. The van der Waals surface area contributed by atoms with Gasteiger partial charge in [-0.3, -0.25) is 4.99 Å². The highest BCUT2D eigenvalue weighted by atomic mass is 14.7. The Hall–Kier alpha value is -1.07. The number of allylic oxidation sites excluding steroid dienone is 2. The zero-order valence-electron chi connectivity index (χ0n) is 6.76. The van der Waals surface area contributed by atoms with E-state index in [1.807, 2.05) is 39.0 Å². The predicted octanol–water partition coefficient (Wildman–Crippen LogP) is 2.71. The second kappa shape index (κ2) is 6.06. The van der Waals surface area contributed by atoms with Gasteiger partial charge in [0, 0.05) is 12.3 Å². The first-order valence-corrected chi connectivity index (χ1v) is 3.37. The van der Waals surface area contributed by atoms with Crippen molar-refractivity contribution >= 4 is 6.21 Å². The summed E-state index contributed by atoms with van der Waals surface area (Å²) < 4.78 is 0. The molecule has 0 aliphatic carbocycles. The van der Waals surface area contributed by atoms with Crippen molar-refractivity contribution in [2.75, 3.05) is 0 Å². The van der Waals surface area contributed by atoms with Gasteiger partial charge in [0.25, 0.3) is 0 Å². The van der Waals surface area contributed by atoms with Crippen molar-refractivity contribution in [1.82, 2.24) is 0 Å². The second-order valence-electron chi connectivity index (χ2n) is 1.70. The number of aliphatic imine (C=N–C) groups is 1. The number of nitrogens with zero attached hydrogens (tertiary/aromatic N) is 1. The normalized spacial score (nSPS) is 11.3. The van der Waals surface area contributed by atoms with Gasteiger partial charge >= 0.3 is 0 Å². The molecular weight excluding hydrogens is 122 g/mol. The molecule has 0 rings (SSSR count). The molecule has 0 aromatic heterocycles. The number of hydrogen-bond donors (Lipinski definition) is 0. The first kappa shape index (κ1) is 8.93. The molecule has 1 nitrogen and oxygen atoms in total. The van der Waals surface area contributed by atoms with Crippen LogP contribution < -0.4 is 0 Å². The standard InChI is InChI=1S/C9H13N/c1-4-7-8-9(5-2)10-6-3/h4-6,8H,1-3H3/b9-5-,10-6?. The second-order valence-corrected chi connectivity index (χ2v) is 1.70. The Morgan fingerprint density at radius 1 is 1.30 bits per heavy atom. The van der Waals surface area contributed by atoms with Crippen LogP contribution in [-0.4, -0.2) is 6.21 Å². The van der Waals surface area contributed by atoms with E-state index in [4.69, 9.17) is 0 Å². The van der Waals surface area contributed by atoms with Crippen molar-refractivity contribution < 1.29 is 0 Å². The van der Waals surface area contributed by atoms with Crippen LogP contribution in [0.1, 0.15) is 20.8 Å². The van der Waals surface area contributed by atoms with E-state index < -0.39 is 0 Å². The molecule has 0 bridgehead atoms. The molecule has 0 unspecified atom stereocenters. The van der Waals surface area contributed by atoms with Gasteiger partial charge in [-0.2, -0.15) is 0 Å². The van der Waals surface area contributed by atoms with Gasteiger partial charge in [0.15, 0.2) is 0 Å². The van der Waals surface area contributed by atoms with Gasteiger partial charge in [0.2, 0.25) is 0 Å². The lowest BCUT2D eigenvalue weighted by molar-refractivity contribution is 1.39. The van der Waals surface area contributed by atoms with E-state index in [1.54, 1.807) is 6.21 Å². The quantitative estimate of drug-likeness (QED) is 0.313. The van der Waals surface area contributed by atoms with Crippen molar-refractivity contribution in [3.8, 4) is 0 Å². The van der Waals surface area contributed by atoms with E-state index in [2.05, 4.69) is 10.7 Å². The van der Waals surface area contributed by atoms with Gasteiger partial charge in [-0.05, 0) is 26.8 Å². The molecule has 1 heteroatoms. The van der Waals surface area contributed by atoms with Gasteiger partial charge in [-0.1, -0.05) is 6.08 Å². The van der Waals surface area contributed by atoms with Crippen LogP contribution in [-0.2, 0) is 0 Å². The number of hydrogen-bond acceptors (Lipinski definition) is 1. The van der Waals surface area contributed by atoms with E-state index in [1.165, 1.54) is 0 Å². The predicted molar refractivity (Wildman–Crippen MR) is 46.3 cm³/mol. The summed E-state index contributed by atoms with van der Waals surface area (Å²) in [4.78, 5) is 4.08. The molecule has 10 heavy (non-hydrogen) atoms. The van der Waals surface area contributed by atoms with Crippen LogP contribution in [0, 0.1) is 0 Å². The molecule has 0 aliphatic rings. The van der Waals surface area contributed by atoms with Crippen LogP contribution in [0.5, 0.6) is 0 Å². The Morgan fingerprint density at radius 3 is 2.40 bits per heavy atom. The van der Waals surface area contributed by atoms with Gasteiger partial charge < -0.3 is 0 Å². The SMILES string of the molecule is CC=C=C/C(=C/C)N=CC.